The number of methoxy groups -OCH3 is 2. The Kier molecular flexibility index (Phi) is 50.9. The van der Waals surface area contributed by atoms with Gasteiger partial charge in [-0.25, -0.2) is 9.78 Å². The summed E-state index contributed by atoms with van der Waals surface area (Å²) in [7, 11) is 2.71. The molecule has 24 nitrogen and oxygen atoms in total. The summed E-state index contributed by atoms with van der Waals surface area (Å²) in [5.41, 5.74) is 27.7. The van der Waals surface area contributed by atoms with E-state index >= 15 is 0 Å². The number of hydrogen-bond donors (Lipinski definition) is 7. The van der Waals surface area contributed by atoms with E-state index in [0.29, 0.717) is 6.42 Å². The Morgan fingerprint density at radius 2 is 0.572 bits per heavy atom. The second-order valence-electron chi connectivity index (χ2n) is 32.7. The third-order valence-electron chi connectivity index (χ3n) is 21.5. The number of aliphatic carboxylic acids is 1. The molecule has 28 heteroatoms. The molecule has 0 aliphatic carbocycles. The first-order valence-electron chi connectivity index (χ1n) is 46.1. The van der Waals surface area contributed by atoms with Crippen LogP contribution in [-0.4, -0.2) is 139 Å². The number of aliphatic hydroxyl groups is 4. The van der Waals surface area contributed by atoms with Crippen LogP contribution in [0.3, 0.4) is 0 Å². The van der Waals surface area contributed by atoms with Gasteiger partial charge in [0.2, 0.25) is 0 Å². The van der Waals surface area contributed by atoms with E-state index in [2.05, 4.69) is 346 Å². The molecule has 5 unspecified atom stereocenters. The van der Waals surface area contributed by atoms with Crippen molar-refractivity contribution in [2.24, 2.45) is 0 Å². The molecule has 18 rings (SSSR count). The number of benzene rings is 12. The predicted molar refractivity (Wildman–Crippen MR) is 560 cm³/mol. The van der Waals surface area contributed by atoms with Gasteiger partial charge in [0.25, 0.3) is 0 Å². The van der Waals surface area contributed by atoms with Crippen LogP contribution in [0.15, 0.2) is 365 Å². The largest absolute Gasteiger partial charge is 0.480 e. The molecule has 6 heterocycles. The maximum absolute atomic E-state index is 10.1. The number of hydrogen-bond acceptors (Lipinski definition) is 22. The molecule has 1 saturated heterocycles. The SMILES string of the molecule is CC(O)CC(C)O.COC(O)CC(O)OC.Cc1cnc(-c2[c-]ccc(N(c3ccccc3)c3ccccc3)c2)c(C)n1.Cc1cnc(-c2[c-]ccc(N(c3ccccc3)c3ccccc3)c2)c(C)n1.Cc1cnc(-c2[c-]ccc(N(c3ccccc3)c3ccccc3)c2)c(C)n1.Cc1cnc(-c2[c-]ccc(N(c3ccccc3)c3ccccc3)c2)c(C)n1.O=C(O)C1CCCN1.O=C(O)c1ccccn1.[Ir].[Ir].[Ir].[Ir]. The number of carboxylic acid groups (broad SMARTS) is 2. The third-order valence-corrected chi connectivity index (χ3v) is 21.5. The number of para-hydroxylation sites is 8. The van der Waals surface area contributed by atoms with Crippen LogP contribution in [-0.2, 0) is 94.7 Å². The molecule has 5 aromatic heterocycles. The molecule has 1 fully saturated rings. The Morgan fingerprint density at radius 1 is 0.338 bits per heavy atom. The molecular weight excluding hydrogens is 2530 g/mol. The molecule has 1 aliphatic rings. The summed E-state index contributed by atoms with van der Waals surface area (Å²) < 4.78 is 8.88. The zero-order valence-electron chi connectivity index (χ0n) is 82.5. The van der Waals surface area contributed by atoms with Gasteiger partial charge in [0, 0.05) is 223 Å². The first kappa shape index (κ1) is 119. The minimum atomic E-state index is -0.990. The number of aliphatic hydroxyl groups excluding tert-OH is 4. The maximum Gasteiger partial charge on any atom is 0.354 e. The summed E-state index contributed by atoms with van der Waals surface area (Å²) >= 11 is 0. The minimum Gasteiger partial charge on any atom is -0.480 e. The number of rotatable bonds is 24. The number of carbonyl (C=O) groups is 2. The molecule has 0 saturated carbocycles. The monoisotopic (exact) mass is 2650 g/mol. The second-order valence-corrected chi connectivity index (χ2v) is 32.7. The number of anilines is 12. The first-order valence-corrected chi connectivity index (χ1v) is 46.1. The van der Waals surface area contributed by atoms with Crippen molar-refractivity contribution < 1.29 is 130 Å². The predicted octanol–water partition coefficient (Wildman–Crippen LogP) is 24.2. The van der Waals surface area contributed by atoms with Crippen LogP contribution in [0.4, 0.5) is 68.2 Å². The summed E-state index contributed by atoms with van der Waals surface area (Å²) in [6, 6.07) is 125. The van der Waals surface area contributed by atoms with Crippen LogP contribution in [0, 0.1) is 79.7 Å². The van der Waals surface area contributed by atoms with E-state index in [1.807, 2.05) is 128 Å². The van der Waals surface area contributed by atoms with Crippen molar-refractivity contribution in [3.8, 4) is 45.0 Å². The summed E-state index contributed by atoms with van der Waals surface area (Å²) in [4.78, 5) is 69.3. The number of aromatic carboxylic acids is 1. The van der Waals surface area contributed by atoms with Crippen LogP contribution in [0.2, 0.25) is 0 Å². The molecule has 12 aromatic carbocycles. The Labute approximate surface area is 904 Å². The second kappa shape index (κ2) is 62.3. The molecule has 4 radical (unpaired) electrons. The van der Waals surface area contributed by atoms with Crippen molar-refractivity contribution in [2.75, 3.05) is 40.4 Å². The van der Waals surface area contributed by atoms with Gasteiger partial charge < -0.3 is 85.0 Å². The number of nitrogens with one attached hydrogen (secondary N) is 1. The topological polar surface area (TPSA) is 315 Å². The fourth-order valence-corrected chi connectivity index (χ4v) is 15.0. The van der Waals surface area contributed by atoms with Gasteiger partial charge in [-0.05, 0) is 227 Å². The van der Waals surface area contributed by atoms with Gasteiger partial charge in [-0.1, -0.05) is 152 Å². The van der Waals surface area contributed by atoms with E-state index in [1.165, 1.54) is 26.5 Å². The van der Waals surface area contributed by atoms with E-state index in [9.17, 15) is 9.59 Å². The minimum absolute atomic E-state index is 0. The average molecular weight is 2650 g/mol. The smallest absolute Gasteiger partial charge is 0.354 e. The van der Waals surface area contributed by atoms with E-state index in [0.717, 1.165) is 178 Å². The Bertz CT molecular complexity index is 5810. The van der Waals surface area contributed by atoms with E-state index in [-0.39, 0.29) is 111 Å². The van der Waals surface area contributed by atoms with Crippen molar-refractivity contribution in [1.29, 1.82) is 0 Å². The van der Waals surface area contributed by atoms with Crippen LogP contribution < -0.4 is 24.9 Å². The fraction of sp³-hybridized carbons (Fsp3) is 0.188. The van der Waals surface area contributed by atoms with Crippen molar-refractivity contribution in [1.82, 2.24) is 50.2 Å². The Hall–Kier alpha value is -13.4. The normalized spacial score (nSPS) is 12.0. The van der Waals surface area contributed by atoms with Crippen LogP contribution >= 0.6 is 0 Å². The van der Waals surface area contributed by atoms with Crippen LogP contribution in [0.25, 0.3) is 45.0 Å². The van der Waals surface area contributed by atoms with Gasteiger partial charge in [0.05, 0.1) is 35.0 Å². The molecular formula is C117H118Ir4N14O10-4. The van der Waals surface area contributed by atoms with Crippen LogP contribution in [0.1, 0.15) is 95.6 Å². The molecule has 0 bridgehead atoms. The van der Waals surface area contributed by atoms with Crippen molar-refractivity contribution >= 4 is 80.2 Å². The summed E-state index contributed by atoms with van der Waals surface area (Å²) in [5, 5.41) is 54.0. The quantitative estimate of drug-likeness (QED) is 0.0218. The zero-order valence-corrected chi connectivity index (χ0v) is 92.1. The standard InChI is InChI=1S/4C24H20N3.C6H5NO2.C5H9NO2.C5H12O4.C5H12O2.4Ir/c4*1-18-17-25-24(19(2)26-18)20-10-9-15-23(16-20)27(21-11-5-3-6-12-21)22-13-7-4-8-14-22;8-6(9)5-3-1-2-4-7-5;7-5(8)4-2-1-3-6-4;1-8-4(6)3-5(7)9-2;1-4(6)3-5(2)7;;;;/h4*3-9,11-17H,1-2H3;1-4H,(H,8,9);4,6H,1-3H2,(H,7,8);4-7H,3H2,1-2H3;4-7H,3H2,1-2H3;;;;/q4*-1;;;;;;;;. The molecule has 145 heavy (non-hydrogen) atoms. The van der Waals surface area contributed by atoms with Gasteiger partial charge >= 0.3 is 11.9 Å². The van der Waals surface area contributed by atoms with Crippen LogP contribution in [0.5, 0.6) is 0 Å². The number of pyridine rings is 1. The molecule has 756 valence electrons. The molecule has 7 N–H and O–H groups in total. The number of aromatic nitrogens is 9. The number of ether oxygens (including phenoxy) is 2. The summed E-state index contributed by atoms with van der Waals surface area (Å²) in [5.74, 6) is -1.71. The molecule has 17 aromatic rings. The van der Waals surface area contributed by atoms with E-state index in [4.69, 9.17) is 30.6 Å². The average Bonchev–Trinajstić information content (AvgIpc) is 1.35. The molecule has 0 amide bonds. The van der Waals surface area contributed by atoms with Gasteiger partial charge in [-0.15, -0.1) is 119 Å². The van der Waals surface area contributed by atoms with Gasteiger partial charge in [-0.3, -0.25) is 24.7 Å². The third kappa shape index (κ3) is 37.0. The molecule has 5 atom stereocenters. The summed E-state index contributed by atoms with van der Waals surface area (Å²) in [6.45, 7) is 19.9. The number of nitrogens with zero attached hydrogens (tertiary/aromatic N) is 13. The first-order chi connectivity index (χ1) is 68.3. The molecule has 1 aliphatic heterocycles. The van der Waals surface area contributed by atoms with Crippen molar-refractivity contribution in [2.45, 2.75) is 126 Å². The Balaban J connectivity index is 0.000000235. The number of aryl methyl sites for hydroxylation is 8. The van der Waals surface area contributed by atoms with E-state index in [1.54, 1.807) is 50.8 Å². The van der Waals surface area contributed by atoms with Gasteiger partial charge in [0.1, 0.15) is 11.7 Å². The maximum atomic E-state index is 10.1. The van der Waals surface area contributed by atoms with Gasteiger partial charge in [-0.2, -0.15) is 0 Å². The fourth-order valence-electron chi connectivity index (χ4n) is 15.0. The summed E-state index contributed by atoms with van der Waals surface area (Å²) in [6.07, 6.45) is 8.34. The van der Waals surface area contributed by atoms with Crippen molar-refractivity contribution in [3.05, 3.63) is 440 Å². The number of carboxylic acids is 2. The Morgan fingerprint density at radius 3 is 0.731 bits per heavy atom. The van der Waals surface area contributed by atoms with Crippen molar-refractivity contribution in [3.63, 3.8) is 0 Å². The zero-order chi connectivity index (χ0) is 100. The van der Waals surface area contributed by atoms with E-state index < -0.39 is 24.5 Å². The van der Waals surface area contributed by atoms with Gasteiger partial charge in [0.15, 0.2) is 12.6 Å². The molecule has 0 spiro atoms.